The van der Waals surface area contributed by atoms with Crippen LogP contribution in [0.4, 0.5) is 0 Å². The summed E-state index contributed by atoms with van der Waals surface area (Å²) in [6.45, 7) is 8.33. The molecule has 1 aliphatic heterocycles. The second-order valence-corrected chi connectivity index (χ2v) is 5.58. The maximum atomic E-state index is 3.82. The zero-order valence-corrected chi connectivity index (χ0v) is 9.66. The SMILES string of the molecule is CCC1(NCC2(C)CCNC2)CCC1. The third-order valence-electron chi connectivity index (χ3n) is 4.33. The van der Waals surface area contributed by atoms with Crippen molar-refractivity contribution in [1.29, 1.82) is 0 Å². The van der Waals surface area contributed by atoms with Gasteiger partial charge in [0.15, 0.2) is 0 Å². The second-order valence-electron chi connectivity index (χ2n) is 5.58. The third-order valence-corrected chi connectivity index (χ3v) is 4.33. The van der Waals surface area contributed by atoms with E-state index in [0.29, 0.717) is 11.0 Å². The quantitative estimate of drug-likeness (QED) is 0.717. The van der Waals surface area contributed by atoms with Gasteiger partial charge in [-0.2, -0.15) is 0 Å². The zero-order valence-electron chi connectivity index (χ0n) is 9.66. The predicted molar refractivity (Wildman–Crippen MR) is 60.5 cm³/mol. The molecule has 2 aliphatic rings. The lowest BCUT2D eigenvalue weighted by Gasteiger charge is -2.44. The highest BCUT2D eigenvalue weighted by molar-refractivity contribution is 4.97. The summed E-state index contributed by atoms with van der Waals surface area (Å²) in [6.07, 6.45) is 6.85. The molecule has 0 spiro atoms. The number of hydrogen-bond acceptors (Lipinski definition) is 2. The Kier molecular flexibility index (Phi) is 2.85. The fourth-order valence-corrected chi connectivity index (χ4v) is 2.68. The van der Waals surface area contributed by atoms with Crippen molar-refractivity contribution in [3.8, 4) is 0 Å². The van der Waals surface area contributed by atoms with E-state index in [1.807, 2.05) is 0 Å². The van der Waals surface area contributed by atoms with Crippen LogP contribution < -0.4 is 10.6 Å². The zero-order chi connectivity index (χ0) is 10.1. The first-order valence-electron chi connectivity index (χ1n) is 6.14. The number of nitrogens with one attached hydrogen (secondary N) is 2. The molecule has 0 radical (unpaired) electrons. The molecule has 1 unspecified atom stereocenters. The number of hydrogen-bond donors (Lipinski definition) is 2. The summed E-state index contributed by atoms with van der Waals surface area (Å²) in [5.41, 5.74) is 1.03. The van der Waals surface area contributed by atoms with Crippen LogP contribution in [-0.4, -0.2) is 25.2 Å². The first-order valence-corrected chi connectivity index (χ1v) is 6.14. The molecule has 0 aromatic rings. The fraction of sp³-hybridized carbons (Fsp3) is 1.00. The smallest absolute Gasteiger partial charge is 0.0179 e. The molecular weight excluding hydrogens is 172 g/mol. The maximum absolute atomic E-state index is 3.82. The van der Waals surface area contributed by atoms with Gasteiger partial charge in [-0.1, -0.05) is 13.8 Å². The van der Waals surface area contributed by atoms with Crippen LogP contribution in [0, 0.1) is 5.41 Å². The molecule has 14 heavy (non-hydrogen) atoms. The minimum absolute atomic E-state index is 0.512. The Morgan fingerprint density at radius 1 is 1.29 bits per heavy atom. The molecule has 0 aromatic heterocycles. The van der Waals surface area contributed by atoms with Crippen LogP contribution in [0.1, 0.15) is 46.0 Å². The Balaban J connectivity index is 1.80. The lowest BCUT2D eigenvalue weighted by atomic mass is 9.74. The summed E-state index contributed by atoms with van der Waals surface area (Å²) in [6, 6.07) is 0. The van der Waals surface area contributed by atoms with Gasteiger partial charge in [-0.3, -0.25) is 0 Å². The molecule has 82 valence electrons. The average Bonchev–Trinajstić information content (AvgIpc) is 2.52. The Morgan fingerprint density at radius 2 is 2.07 bits per heavy atom. The van der Waals surface area contributed by atoms with Crippen LogP contribution in [0.25, 0.3) is 0 Å². The normalized spacial score (nSPS) is 35.6. The van der Waals surface area contributed by atoms with Crippen LogP contribution >= 0.6 is 0 Å². The van der Waals surface area contributed by atoms with Gasteiger partial charge >= 0.3 is 0 Å². The van der Waals surface area contributed by atoms with Crippen molar-refractivity contribution in [1.82, 2.24) is 10.6 Å². The van der Waals surface area contributed by atoms with Crippen molar-refractivity contribution >= 4 is 0 Å². The van der Waals surface area contributed by atoms with Crippen LogP contribution in [0.3, 0.4) is 0 Å². The molecule has 1 heterocycles. The highest BCUT2D eigenvalue weighted by Crippen LogP contribution is 2.36. The molecule has 1 atom stereocenters. The Morgan fingerprint density at radius 3 is 2.50 bits per heavy atom. The van der Waals surface area contributed by atoms with Gasteiger partial charge in [0.25, 0.3) is 0 Å². The van der Waals surface area contributed by atoms with E-state index in [2.05, 4.69) is 24.5 Å². The lowest BCUT2D eigenvalue weighted by Crippen LogP contribution is -2.53. The van der Waals surface area contributed by atoms with E-state index in [0.717, 1.165) is 0 Å². The van der Waals surface area contributed by atoms with Gasteiger partial charge in [0, 0.05) is 18.6 Å². The van der Waals surface area contributed by atoms with E-state index in [1.54, 1.807) is 0 Å². The summed E-state index contributed by atoms with van der Waals surface area (Å²) in [4.78, 5) is 0. The van der Waals surface area contributed by atoms with Crippen molar-refractivity contribution < 1.29 is 0 Å². The fourth-order valence-electron chi connectivity index (χ4n) is 2.68. The summed E-state index contributed by atoms with van der Waals surface area (Å²) in [7, 11) is 0. The summed E-state index contributed by atoms with van der Waals surface area (Å²) < 4.78 is 0. The predicted octanol–water partition coefficient (Wildman–Crippen LogP) is 1.91. The average molecular weight is 196 g/mol. The van der Waals surface area contributed by atoms with Gasteiger partial charge < -0.3 is 10.6 Å². The van der Waals surface area contributed by atoms with Crippen molar-refractivity contribution in [3.63, 3.8) is 0 Å². The molecule has 1 saturated carbocycles. The first-order chi connectivity index (χ1) is 6.68. The number of rotatable bonds is 4. The van der Waals surface area contributed by atoms with Gasteiger partial charge in [0.2, 0.25) is 0 Å². The molecule has 0 aromatic carbocycles. The molecule has 2 fully saturated rings. The van der Waals surface area contributed by atoms with E-state index in [-0.39, 0.29) is 0 Å². The highest BCUT2D eigenvalue weighted by Gasteiger charge is 2.37. The molecule has 1 aliphatic carbocycles. The Labute approximate surface area is 87.8 Å². The lowest BCUT2D eigenvalue weighted by molar-refractivity contribution is 0.152. The minimum Gasteiger partial charge on any atom is -0.316 e. The molecule has 2 rings (SSSR count). The maximum Gasteiger partial charge on any atom is 0.0179 e. The van der Waals surface area contributed by atoms with Crippen molar-refractivity contribution in [3.05, 3.63) is 0 Å². The third kappa shape index (κ3) is 1.96. The van der Waals surface area contributed by atoms with E-state index in [9.17, 15) is 0 Å². The largest absolute Gasteiger partial charge is 0.316 e. The Bertz CT molecular complexity index is 183. The van der Waals surface area contributed by atoms with Gasteiger partial charge in [-0.25, -0.2) is 0 Å². The van der Waals surface area contributed by atoms with Crippen LogP contribution in [0.15, 0.2) is 0 Å². The van der Waals surface area contributed by atoms with Crippen LogP contribution in [0.2, 0.25) is 0 Å². The van der Waals surface area contributed by atoms with E-state index in [1.165, 1.54) is 51.7 Å². The summed E-state index contributed by atoms with van der Waals surface area (Å²) >= 11 is 0. The van der Waals surface area contributed by atoms with Gasteiger partial charge in [-0.15, -0.1) is 0 Å². The van der Waals surface area contributed by atoms with Crippen molar-refractivity contribution in [2.75, 3.05) is 19.6 Å². The highest BCUT2D eigenvalue weighted by atomic mass is 15.0. The second kappa shape index (κ2) is 3.82. The first kappa shape index (κ1) is 10.4. The topological polar surface area (TPSA) is 24.1 Å². The van der Waals surface area contributed by atoms with Crippen molar-refractivity contribution in [2.45, 2.75) is 51.5 Å². The monoisotopic (exact) mass is 196 g/mol. The molecule has 2 heteroatoms. The molecule has 0 bridgehead atoms. The van der Waals surface area contributed by atoms with E-state index < -0.39 is 0 Å². The molecule has 1 saturated heterocycles. The molecule has 2 nitrogen and oxygen atoms in total. The van der Waals surface area contributed by atoms with E-state index in [4.69, 9.17) is 0 Å². The molecule has 0 amide bonds. The molecular formula is C12H24N2. The standard InChI is InChI=1S/C12H24N2/c1-3-12(5-4-6-12)14-10-11(2)7-8-13-9-11/h13-14H,3-10H2,1-2H3. The summed E-state index contributed by atoms with van der Waals surface area (Å²) in [5.74, 6) is 0. The van der Waals surface area contributed by atoms with Crippen LogP contribution in [0.5, 0.6) is 0 Å². The van der Waals surface area contributed by atoms with Gasteiger partial charge in [0.1, 0.15) is 0 Å². The Hall–Kier alpha value is -0.0800. The van der Waals surface area contributed by atoms with E-state index >= 15 is 0 Å². The summed E-state index contributed by atoms with van der Waals surface area (Å²) in [5, 5.41) is 7.29. The van der Waals surface area contributed by atoms with Crippen molar-refractivity contribution in [2.24, 2.45) is 5.41 Å². The minimum atomic E-state index is 0.512. The van der Waals surface area contributed by atoms with Crippen LogP contribution in [-0.2, 0) is 0 Å². The van der Waals surface area contributed by atoms with Gasteiger partial charge in [0.05, 0.1) is 0 Å². The molecule has 2 N–H and O–H groups in total. The van der Waals surface area contributed by atoms with Gasteiger partial charge in [-0.05, 0) is 44.1 Å².